The van der Waals surface area contributed by atoms with E-state index in [4.69, 9.17) is 4.74 Å². The summed E-state index contributed by atoms with van der Waals surface area (Å²) < 4.78 is 5.38. The molecule has 0 aliphatic carbocycles. The molecule has 1 spiro atoms. The molecule has 0 unspecified atom stereocenters. The summed E-state index contributed by atoms with van der Waals surface area (Å²) in [5.74, 6) is 0. The first-order valence-electron chi connectivity index (χ1n) is 9.11. The van der Waals surface area contributed by atoms with Crippen LogP contribution in [0.2, 0.25) is 0 Å². The van der Waals surface area contributed by atoms with Gasteiger partial charge in [0.05, 0.1) is 6.54 Å². The van der Waals surface area contributed by atoms with Crippen LogP contribution in [0.5, 0.6) is 0 Å². The molecular formula is C18H23N5O4. The number of rotatable bonds is 2. The second-order valence-electron chi connectivity index (χ2n) is 7.25. The maximum atomic E-state index is 12.6. The molecule has 2 N–H and O–H groups in total. The molecule has 3 aliphatic heterocycles. The van der Waals surface area contributed by atoms with Crippen molar-refractivity contribution >= 4 is 29.5 Å². The van der Waals surface area contributed by atoms with Gasteiger partial charge in [-0.1, -0.05) is 6.07 Å². The van der Waals surface area contributed by atoms with E-state index >= 15 is 0 Å². The average molecular weight is 373 g/mol. The Morgan fingerprint density at radius 2 is 1.96 bits per heavy atom. The predicted octanol–water partition coefficient (Wildman–Crippen LogP) is 1.66. The number of alkyl carbamates (subject to hydrolysis) is 1. The summed E-state index contributed by atoms with van der Waals surface area (Å²) in [7, 11) is 1.77. The van der Waals surface area contributed by atoms with Crippen molar-refractivity contribution in [2.75, 3.05) is 50.0 Å². The number of benzene rings is 1. The Hall–Kier alpha value is -2.97. The summed E-state index contributed by atoms with van der Waals surface area (Å²) in [5, 5.41) is 5.59. The van der Waals surface area contributed by atoms with Crippen molar-refractivity contribution in [3.63, 3.8) is 0 Å². The number of hydrogen-bond donors (Lipinski definition) is 2. The molecule has 0 bridgehead atoms. The summed E-state index contributed by atoms with van der Waals surface area (Å²) in [6, 6.07) is 7.07. The minimum absolute atomic E-state index is 0.0421. The van der Waals surface area contributed by atoms with E-state index in [0.29, 0.717) is 51.3 Å². The Kier molecular flexibility index (Phi) is 4.29. The molecule has 3 saturated heterocycles. The fourth-order valence-corrected chi connectivity index (χ4v) is 3.74. The van der Waals surface area contributed by atoms with Crippen LogP contribution in [-0.2, 0) is 4.74 Å². The highest BCUT2D eigenvalue weighted by molar-refractivity contribution is 5.95. The quantitative estimate of drug-likeness (QED) is 0.824. The zero-order valence-corrected chi connectivity index (χ0v) is 15.2. The van der Waals surface area contributed by atoms with Crippen LogP contribution in [0.1, 0.15) is 12.8 Å². The molecule has 1 aromatic rings. The zero-order chi connectivity index (χ0) is 19.0. The van der Waals surface area contributed by atoms with Gasteiger partial charge in [-0.05, 0) is 18.2 Å². The molecule has 3 aliphatic rings. The van der Waals surface area contributed by atoms with Gasteiger partial charge in [-0.25, -0.2) is 14.4 Å². The minimum atomic E-state index is -0.476. The standard InChI is InChI=1S/C18H23N5O4/c1-21-9-10-23(17(21)26)14-4-2-3-13(11-14)20-15(24)22-7-5-18(6-8-22)12-19-16(25)27-18/h2-4,11H,5-10,12H2,1H3,(H,19,25)(H,20,24). The summed E-state index contributed by atoms with van der Waals surface area (Å²) in [6.07, 6.45) is 0.855. The highest BCUT2D eigenvalue weighted by Crippen LogP contribution is 2.30. The molecule has 0 radical (unpaired) electrons. The topological polar surface area (TPSA) is 94.2 Å². The van der Waals surface area contributed by atoms with Gasteiger partial charge in [0.25, 0.3) is 0 Å². The molecule has 27 heavy (non-hydrogen) atoms. The SMILES string of the molecule is CN1CCN(c2cccc(NC(=O)N3CCC4(CC3)CNC(=O)O4)c2)C1=O. The second kappa shape index (κ2) is 6.64. The summed E-state index contributed by atoms with van der Waals surface area (Å²) in [6.45, 7) is 2.87. The molecule has 0 saturated carbocycles. The van der Waals surface area contributed by atoms with Crippen molar-refractivity contribution < 1.29 is 19.1 Å². The van der Waals surface area contributed by atoms with Crippen molar-refractivity contribution in [2.45, 2.75) is 18.4 Å². The van der Waals surface area contributed by atoms with Crippen molar-refractivity contribution in [1.82, 2.24) is 15.1 Å². The van der Waals surface area contributed by atoms with Gasteiger partial charge < -0.3 is 25.2 Å². The monoisotopic (exact) mass is 373 g/mol. The molecule has 144 valence electrons. The molecule has 0 atom stereocenters. The van der Waals surface area contributed by atoms with Crippen LogP contribution in [0, 0.1) is 0 Å². The first-order chi connectivity index (χ1) is 13.0. The maximum Gasteiger partial charge on any atom is 0.407 e. The van der Waals surface area contributed by atoms with Gasteiger partial charge in [0.2, 0.25) is 0 Å². The predicted molar refractivity (Wildman–Crippen MR) is 98.9 cm³/mol. The smallest absolute Gasteiger partial charge is 0.407 e. The Balaban J connectivity index is 1.37. The van der Waals surface area contributed by atoms with Crippen molar-refractivity contribution in [3.8, 4) is 0 Å². The number of nitrogens with zero attached hydrogens (tertiary/aromatic N) is 3. The maximum absolute atomic E-state index is 12.6. The molecule has 4 rings (SSSR count). The van der Waals surface area contributed by atoms with E-state index in [-0.39, 0.29) is 18.2 Å². The van der Waals surface area contributed by atoms with Crippen LogP contribution < -0.4 is 15.5 Å². The lowest BCUT2D eigenvalue weighted by Crippen LogP contribution is -2.49. The van der Waals surface area contributed by atoms with E-state index < -0.39 is 5.60 Å². The third-order valence-corrected chi connectivity index (χ3v) is 5.45. The zero-order valence-electron chi connectivity index (χ0n) is 15.2. The number of likely N-dealkylation sites (tertiary alicyclic amines) is 1. The van der Waals surface area contributed by atoms with Gasteiger partial charge in [-0.3, -0.25) is 4.90 Å². The number of piperidine rings is 1. The number of amides is 5. The molecule has 0 aromatic heterocycles. The van der Waals surface area contributed by atoms with E-state index in [0.717, 1.165) is 5.69 Å². The van der Waals surface area contributed by atoms with Crippen molar-refractivity contribution in [3.05, 3.63) is 24.3 Å². The van der Waals surface area contributed by atoms with Crippen LogP contribution in [0.4, 0.5) is 25.8 Å². The van der Waals surface area contributed by atoms with Gasteiger partial charge in [-0.15, -0.1) is 0 Å². The van der Waals surface area contributed by atoms with Gasteiger partial charge in [0.15, 0.2) is 0 Å². The highest BCUT2D eigenvalue weighted by Gasteiger charge is 2.43. The van der Waals surface area contributed by atoms with Crippen LogP contribution in [0.15, 0.2) is 24.3 Å². The van der Waals surface area contributed by atoms with Gasteiger partial charge in [-0.2, -0.15) is 0 Å². The number of urea groups is 2. The normalized spacial score (nSPS) is 21.4. The van der Waals surface area contributed by atoms with E-state index in [1.165, 1.54) is 0 Å². The minimum Gasteiger partial charge on any atom is -0.441 e. The lowest BCUT2D eigenvalue weighted by molar-refractivity contribution is 0.0110. The van der Waals surface area contributed by atoms with E-state index in [2.05, 4.69) is 10.6 Å². The van der Waals surface area contributed by atoms with Crippen LogP contribution >= 0.6 is 0 Å². The molecule has 5 amide bonds. The average Bonchev–Trinajstić information content (AvgIpc) is 3.18. The number of likely N-dealkylation sites (N-methyl/N-ethyl adjacent to an activating group) is 1. The van der Waals surface area contributed by atoms with Gasteiger partial charge >= 0.3 is 18.2 Å². The molecular weight excluding hydrogens is 350 g/mol. The first-order valence-corrected chi connectivity index (χ1v) is 9.11. The number of nitrogens with one attached hydrogen (secondary N) is 2. The Bertz CT molecular complexity index is 775. The van der Waals surface area contributed by atoms with Gasteiger partial charge in [0.1, 0.15) is 5.60 Å². The van der Waals surface area contributed by atoms with Crippen molar-refractivity contribution in [1.29, 1.82) is 0 Å². The molecule has 3 fully saturated rings. The lowest BCUT2D eigenvalue weighted by atomic mass is 9.92. The van der Waals surface area contributed by atoms with Crippen LogP contribution in [0.25, 0.3) is 0 Å². The van der Waals surface area contributed by atoms with E-state index in [1.54, 1.807) is 27.8 Å². The Morgan fingerprint density at radius 3 is 2.59 bits per heavy atom. The molecule has 9 nitrogen and oxygen atoms in total. The fraction of sp³-hybridized carbons (Fsp3) is 0.500. The summed E-state index contributed by atoms with van der Waals surface area (Å²) in [4.78, 5) is 41.1. The third kappa shape index (κ3) is 3.36. The van der Waals surface area contributed by atoms with E-state index in [9.17, 15) is 14.4 Å². The summed E-state index contributed by atoms with van der Waals surface area (Å²) >= 11 is 0. The number of ether oxygens (including phenoxy) is 1. The second-order valence-corrected chi connectivity index (χ2v) is 7.25. The largest absolute Gasteiger partial charge is 0.441 e. The lowest BCUT2D eigenvalue weighted by Gasteiger charge is -2.37. The first kappa shape index (κ1) is 17.4. The fourth-order valence-electron chi connectivity index (χ4n) is 3.74. The summed E-state index contributed by atoms with van der Waals surface area (Å²) in [5.41, 5.74) is 0.938. The van der Waals surface area contributed by atoms with Crippen molar-refractivity contribution in [2.24, 2.45) is 0 Å². The number of hydrogen-bond acceptors (Lipinski definition) is 4. The number of anilines is 2. The Labute approximate surface area is 157 Å². The third-order valence-electron chi connectivity index (χ3n) is 5.45. The molecule has 9 heteroatoms. The molecule has 1 aromatic carbocycles. The highest BCUT2D eigenvalue weighted by atomic mass is 16.6. The molecule has 3 heterocycles. The number of carbonyl (C=O) groups excluding carboxylic acids is 3. The Morgan fingerprint density at radius 1 is 1.19 bits per heavy atom. The van der Waals surface area contributed by atoms with Crippen LogP contribution in [0.3, 0.4) is 0 Å². The van der Waals surface area contributed by atoms with E-state index in [1.807, 2.05) is 18.2 Å². The van der Waals surface area contributed by atoms with Gasteiger partial charge in [0, 0.05) is 57.4 Å². The van der Waals surface area contributed by atoms with Crippen LogP contribution in [-0.4, -0.2) is 73.3 Å². The number of carbonyl (C=O) groups is 3.